The van der Waals surface area contributed by atoms with Gasteiger partial charge in [0.05, 0.1) is 12.9 Å². The number of benzene rings is 1. The van der Waals surface area contributed by atoms with Crippen molar-refractivity contribution in [3.05, 3.63) is 53.3 Å². The summed E-state index contributed by atoms with van der Waals surface area (Å²) in [7, 11) is 0. The number of nitrogen functional groups attached to an aromatic ring is 1. The van der Waals surface area contributed by atoms with Gasteiger partial charge in [-0.2, -0.15) is 15.2 Å². The Labute approximate surface area is 218 Å². The van der Waals surface area contributed by atoms with Gasteiger partial charge in [0, 0.05) is 6.42 Å². The number of halogens is 2. The summed E-state index contributed by atoms with van der Waals surface area (Å²) < 4.78 is 34.5. The Balaban J connectivity index is 1.33. The van der Waals surface area contributed by atoms with Crippen LogP contribution in [0, 0.1) is 0 Å². The molecule has 38 heavy (non-hydrogen) atoms. The molecule has 1 saturated heterocycles. The molecule has 16 heteroatoms. The fourth-order valence-electron chi connectivity index (χ4n) is 4.80. The molecular formula is C22H21ClFN9O5. The molecule has 4 N–H and O–H groups in total. The number of carbonyl (C=O) groups excluding carboxylic acids is 1. The second-order valence-corrected chi connectivity index (χ2v) is 9.26. The lowest BCUT2D eigenvalue weighted by atomic mass is 9.93. The van der Waals surface area contributed by atoms with E-state index in [1.165, 1.54) is 10.9 Å². The standard InChI is InChI=1S/C22H21ClFN9O5/c1-2-36-19(34)21(18-29-31-32-30-18,8-10-6-4-3-5-7-10)38-14-13-22(14,35)12(24)17(37-13)33-9-26-11-15(25)27-20(23)28-16(11)33/h3-7,9,12-14,17,35H,2,8H2,1H3,(H2,25,27,28)(H,29,30,31,32)/t12-,13-,14?,17-,21?,22+/m1/s1. The SMILES string of the molecule is CCOC(=O)C(Cc1ccccc1)(OC1[C@H]2O[C@@H](n3cnc4c(N)nc(Cl)nc43)[C@@H](F)[C@@]12O)c1nn[nH]n1. The first-order valence-electron chi connectivity index (χ1n) is 11.6. The lowest BCUT2D eigenvalue weighted by molar-refractivity contribution is -0.189. The summed E-state index contributed by atoms with van der Waals surface area (Å²) in [5.41, 5.74) is 2.79. The molecule has 198 valence electrons. The maximum Gasteiger partial charge on any atom is 0.347 e. The van der Waals surface area contributed by atoms with Gasteiger partial charge in [-0.3, -0.25) is 4.57 Å². The van der Waals surface area contributed by atoms with E-state index in [1.807, 2.05) is 6.07 Å². The third kappa shape index (κ3) is 3.61. The number of anilines is 1. The number of nitrogens with zero attached hydrogens (tertiary/aromatic N) is 7. The second-order valence-electron chi connectivity index (χ2n) is 8.92. The Kier molecular flexibility index (Phi) is 5.75. The van der Waals surface area contributed by atoms with Crippen molar-refractivity contribution in [1.29, 1.82) is 0 Å². The van der Waals surface area contributed by atoms with E-state index in [0.29, 0.717) is 5.56 Å². The van der Waals surface area contributed by atoms with E-state index in [9.17, 15) is 9.90 Å². The minimum Gasteiger partial charge on any atom is -0.463 e. The van der Waals surface area contributed by atoms with Crippen molar-refractivity contribution in [3.63, 3.8) is 0 Å². The Hall–Kier alpha value is -3.79. The number of tetrazole rings is 1. The fourth-order valence-corrected chi connectivity index (χ4v) is 4.97. The zero-order valence-electron chi connectivity index (χ0n) is 19.7. The number of carbonyl (C=O) groups is 1. The number of esters is 1. The summed E-state index contributed by atoms with van der Waals surface area (Å²) in [4.78, 5) is 25.4. The summed E-state index contributed by atoms with van der Waals surface area (Å²) in [6.45, 7) is 1.66. The summed E-state index contributed by atoms with van der Waals surface area (Å²) in [5.74, 6) is -0.951. The number of aromatic nitrogens is 8. The minimum atomic E-state index is -2.11. The molecule has 2 aliphatic rings. The third-order valence-corrected chi connectivity index (χ3v) is 6.86. The van der Waals surface area contributed by atoms with Crippen molar-refractivity contribution in [1.82, 2.24) is 40.1 Å². The molecule has 1 aromatic carbocycles. The van der Waals surface area contributed by atoms with Crippen LogP contribution in [0.4, 0.5) is 10.2 Å². The molecule has 2 fully saturated rings. The number of nitrogens with two attached hydrogens (primary N) is 1. The highest BCUT2D eigenvalue weighted by atomic mass is 35.5. The Morgan fingerprint density at radius 3 is 2.82 bits per heavy atom. The van der Waals surface area contributed by atoms with Crippen molar-refractivity contribution in [3.8, 4) is 0 Å². The smallest absolute Gasteiger partial charge is 0.347 e. The highest BCUT2D eigenvalue weighted by molar-refractivity contribution is 6.28. The van der Waals surface area contributed by atoms with Gasteiger partial charge in [0.2, 0.25) is 16.7 Å². The van der Waals surface area contributed by atoms with Gasteiger partial charge >= 0.3 is 5.97 Å². The van der Waals surface area contributed by atoms with Gasteiger partial charge in [0.15, 0.2) is 29.5 Å². The Bertz CT molecular complexity index is 1490. The normalized spacial score (nSPS) is 27.7. The fraction of sp³-hybridized carbons (Fsp3) is 0.409. The summed E-state index contributed by atoms with van der Waals surface area (Å²) in [5, 5.41) is 25.0. The zero-order valence-corrected chi connectivity index (χ0v) is 20.5. The van der Waals surface area contributed by atoms with Crippen molar-refractivity contribution in [2.45, 2.75) is 49.2 Å². The quantitative estimate of drug-likeness (QED) is 0.207. The van der Waals surface area contributed by atoms with Crippen LogP contribution in [0.5, 0.6) is 0 Å². The number of aromatic amines is 1. The average Bonchev–Trinajstić information content (AvgIpc) is 3.40. The van der Waals surface area contributed by atoms with Crippen molar-refractivity contribution in [2.75, 3.05) is 12.3 Å². The van der Waals surface area contributed by atoms with Crippen LogP contribution in [0.3, 0.4) is 0 Å². The monoisotopic (exact) mass is 545 g/mol. The molecule has 4 aromatic rings. The van der Waals surface area contributed by atoms with Crippen molar-refractivity contribution in [2.24, 2.45) is 0 Å². The molecule has 4 heterocycles. The molecule has 1 aliphatic carbocycles. The molecule has 6 atom stereocenters. The van der Waals surface area contributed by atoms with Gasteiger partial charge in [-0.05, 0) is 24.1 Å². The largest absolute Gasteiger partial charge is 0.463 e. The number of aliphatic hydroxyl groups is 1. The van der Waals surface area contributed by atoms with Crippen LogP contribution in [-0.2, 0) is 31.0 Å². The number of rotatable bonds is 8. The number of alkyl halides is 1. The van der Waals surface area contributed by atoms with E-state index in [0.717, 1.165) is 0 Å². The summed E-state index contributed by atoms with van der Waals surface area (Å²) in [6, 6.07) is 8.92. The van der Waals surface area contributed by atoms with Crippen LogP contribution in [0.1, 0.15) is 24.5 Å². The predicted octanol–water partition coefficient (Wildman–Crippen LogP) is 0.642. The average molecular weight is 546 g/mol. The molecule has 0 bridgehead atoms. The number of ether oxygens (including phenoxy) is 3. The van der Waals surface area contributed by atoms with Crippen LogP contribution >= 0.6 is 11.6 Å². The van der Waals surface area contributed by atoms with Gasteiger partial charge in [-0.25, -0.2) is 14.2 Å². The van der Waals surface area contributed by atoms with Crippen LogP contribution in [0.25, 0.3) is 11.2 Å². The van der Waals surface area contributed by atoms with E-state index >= 15 is 4.39 Å². The van der Waals surface area contributed by atoms with Crippen LogP contribution < -0.4 is 5.73 Å². The van der Waals surface area contributed by atoms with Crippen LogP contribution in [0.15, 0.2) is 36.7 Å². The molecule has 0 amide bonds. The predicted molar refractivity (Wildman–Crippen MR) is 126 cm³/mol. The molecular weight excluding hydrogens is 525 g/mol. The number of hydrogen-bond donors (Lipinski definition) is 3. The van der Waals surface area contributed by atoms with Crippen LogP contribution in [-0.4, -0.2) is 81.8 Å². The van der Waals surface area contributed by atoms with Gasteiger partial charge in [0.25, 0.3) is 0 Å². The van der Waals surface area contributed by atoms with Crippen LogP contribution in [0.2, 0.25) is 5.28 Å². The molecule has 1 saturated carbocycles. The molecule has 3 aromatic heterocycles. The molecule has 1 aliphatic heterocycles. The Morgan fingerprint density at radius 1 is 1.37 bits per heavy atom. The van der Waals surface area contributed by atoms with E-state index in [-0.39, 0.29) is 41.1 Å². The minimum absolute atomic E-state index is 0.0116. The highest BCUT2D eigenvalue weighted by Crippen LogP contribution is 2.58. The van der Waals surface area contributed by atoms with Gasteiger partial charge in [0.1, 0.15) is 17.7 Å². The first-order chi connectivity index (χ1) is 18.3. The maximum atomic E-state index is 15.9. The first-order valence-corrected chi connectivity index (χ1v) is 12.0. The molecule has 14 nitrogen and oxygen atoms in total. The number of H-pyrrole nitrogens is 1. The van der Waals surface area contributed by atoms with Crippen molar-refractivity contribution < 1.29 is 28.5 Å². The number of fused-ring (bicyclic) bond motifs is 2. The lowest BCUT2D eigenvalue weighted by Gasteiger charge is -2.31. The zero-order chi connectivity index (χ0) is 26.7. The van der Waals surface area contributed by atoms with E-state index in [1.54, 1.807) is 31.2 Å². The van der Waals surface area contributed by atoms with Gasteiger partial charge < -0.3 is 25.1 Å². The van der Waals surface area contributed by atoms with E-state index in [2.05, 4.69) is 35.6 Å². The van der Waals surface area contributed by atoms with Gasteiger partial charge in [-0.15, -0.1) is 10.2 Å². The van der Waals surface area contributed by atoms with E-state index in [4.69, 9.17) is 31.5 Å². The first kappa shape index (κ1) is 24.5. The topological polar surface area (TPSA) is 189 Å². The number of imidazole rings is 1. The molecule has 6 rings (SSSR count). The summed E-state index contributed by atoms with van der Waals surface area (Å²) >= 11 is 5.92. The molecule has 2 unspecified atom stereocenters. The second kappa shape index (κ2) is 8.90. The van der Waals surface area contributed by atoms with Gasteiger partial charge in [-0.1, -0.05) is 35.5 Å². The lowest BCUT2D eigenvalue weighted by Crippen LogP contribution is -2.47. The Morgan fingerprint density at radius 2 is 2.16 bits per heavy atom. The number of hydrogen-bond acceptors (Lipinski definition) is 12. The molecule has 0 spiro atoms. The molecule has 0 radical (unpaired) electrons. The summed E-state index contributed by atoms with van der Waals surface area (Å²) in [6.07, 6.45) is -4.55. The highest BCUT2D eigenvalue weighted by Gasteiger charge is 2.80. The maximum absolute atomic E-state index is 15.9. The number of nitrogens with one attached hydrogen (secondary N) is 1. The van der Waals surface area contributed by atoms with E-state index < -0.39 is 41.8 Å². The van der Waals surface area contributed by atoms with Crippen molar-refractivity contribution >= 4 is 34.6 Å². The third-order valence-electron chi connectivity index (χ3n) is 6.69.